The molecule has 0 saturated carbocycles. The van der Waals surface area contributed by atoms with E-state index in [0.29, 0.717) is 17.4 Å². The van der Waals surface area contributed by atoms with Gasteiger partial charge in [-0.15, -0.1) is 0 Å². The van der Waals surface area contributed by atoms with Crippen molar-refractivity contribution in [1.82, 2.24) is 5.32 Å². The molecule has 1 amide bonds. The highest BCUT2D eigenvalue weighted by atomic mass is 31.2. The lowest BCUT2D eigenvalue weighted by Crippen LogP contribution is -2.45. The molecule has 3 unspecified atom stereocenters. The highest BCUT2D eigenvalue weighted by Crippen LogP contribution is 2.38. The number of likely N-dealkylation sites (N-methyl/N-ethyl adjacent to an activating group) is 1. The molecule has 0 bridgehead atoms. The van der Waals surface area contributed by atoms with Crippen molar-refractivity contribution < 1.29 is 32.9 Å². The first-order valence-electron chi connectivity index (χ1n) is 39.0. The van der Waals surface area contributed by atoms with Gasteiger partial charge in [0.05, 0.1) is 39.9 Å². The molecule has 0 saturated heterocycles. The van der Waals surface area contributed by atoms with E-state index in [0.717, 1.165) is 96.3 Å². The Hall–Kier alpha value is -3.36. The van der Waals surface area contributed by atoms with Crippen molar-refractivity contribution in [2.75, 3.05) is 40.9 Å². The molecule has 0 heterocycles. The Morgan fingerprint density at radius 1 is 0.387 bits per heavy atom. The monoisotopic (exact) mass is 1310 g/mol. The fourth-order valence-electron chi connectivity index (χ4n) is 11.1. The van der Waals surface area contributed by atoms with E-state index in [9.17, 15) is 19.4 Å². The van der Waals surface area contributed by atoms with Gasteiger partial charge in [-0.2, -0.15) is 0 Å². The van der Waals surface area contributed by atoms with Crippen LogP contribution in [0.25, 0.3) is 0 Å². The number of phosphoric ester groups is 1. The third kappa shape index (κ3) is 75.9. The number of quaternary nitrogens is 1. The van der Waals surface area contributed by atoms with Gasteiger partial charge in [0.2, 0.25) is 5.91 Å². The quantitative estimate of drug-likeness (QED) is 0.0272. The number of rotatable bonds is 71. The molecule has 0 aromatic heterocycles. The van der Waals surface area contributed by atoms with Crippen molar-refractivity contribution in [3.05, 3.63) is 134 Å². The maximum atomic E-state index is 13.1. The molecule has 9 heteroatoms. The van der Waals surface area contributed by atoms with Crippen molar-refractivity contribution in [3.8, 4) is 0 Å². The number of phosphoric acid groups is 1. The molecule has 0 aromatic carbocycles. The normalized spacial score (nSPS) is 14.3. The van der Waals surface area contributed by atoms with Crippen molar-refractivity contribution in [2.24, 2.45) is 0 Å². The average molecular weight is 1310 g/mol. The predicted molar refractivity (Wildman–Crippen MR) is 408 cm³/mol. The highest BCUT2D eigenvalue weighted by Gasteiger charge is 2.23. The number of carbonyl (C=O) groups is 1. The Labute approximate surface area is 576 Å². The number of unbranched alkanes of at least 4 members (excludes halogenated alkanes) is 38. The van der Waals surface area contributed by atoms with Gasteiger partial charge in [-0.25, -0.2) is 0 Å². The molecule has 93 heavy (non-hydrogen) atoms. The topological polar surface area (TPSA) is 108 Å². The zero-order valence-electron chi connectivity index (χ0n) is 61.4. The number of nitrogens with one attached hydrogen (secondary N) is 1. The van der Waals surface area contributed by atoms with Crippen LogP contribution in [-0.4, -0.2) is 68.5 Å². The minimum Gasteiger partial charge on any atom is -0.756 e. The van der Waals surface area contributed by atoms with Crippen LogP contribution < -0.4 is 10.2 Å². The van der Waals surface area contributed by atoms with Gasteiger partial charge in [0.25, 0.3) is 7.82 Å². The van der Waals surface area contributed by atoms with Gasteiger partial charge in [-0.3, -0.25) is 9.36 Å². The van der Waals surface area contributed by atoms with E-state index in [1.807, 2.05) is 27.2 Å². The molecule has 0 aliphatic rings. The number of allylic oxidation sites excluding steroid dienone is 21. The molecule has 0 aliphatic carbocycles. The number of amides is 1. The first-order chi connectivity index (χ1) is 45.5. The van der Waals surface area contributed by atoms with Crippen LogP contribution >= 0.6 is 7.82 Å². The molecule has 3 atom stereocenters. The third-order valence-corrected chi connectivity index (χ3v) is 18.0. The van der Waals surface area contributed by atoms with E-state index < -0.39 is 26.6 Å². The van der Waals surface area contributed by atoms with E-state index >= 15 is 0 Å². The van der Waals surface area contributed by atoms with E-state index in [1.165, 1.54) is 225 Å². The summed E-state index contributed by atoms with van der Waals surface area (Å²) in [6.45, 7) is 4.53. The van der Waals surface area contributed by atoms with Gasteiger partial charge in [0.1, 0.15) is 13.2 Å². The van der Waals surface area contributed by atoms with Crippen molar-refractivity contribution in [2.45, 2.75) is 353 Å². The lowest BCUT2D eigenvalue weighted by molar-refractivity contribution is -0.870. The summed E-state index contributed by atoms with van der Waals surface area (Å²) in [5.74, 6) is -0.213. The van der Waals surface area contributed by atoms with Crippen molar-refractivity contribution in [3.63, 3.8) is 0 Å². The number of hydrogen-bond donors (Lipinski definition) is 2. The predicted octanol–water partition coefficient (Wildman–Crippen LogP) is 25.1. The van der Waals surface area contributed by atoms with Crippen LogP contribution in [0.2, 0.25) is 0 Å². The summed E-state index contributed by atoms with van der Waals surface area (Å²) in [6, 6.07) is -0.920. The lowest BCUT2D eigenvalue weighted by Gasteiger charge is -2.29. The second-order valence-corrected chi connectivity index (χ2v) is 28.7. The molecule has 0 radical (unpaired) electrons. The molecule has 0 aliphatic heterocycles. The van der Waals surface area contributed by atoms with Gasteiger partial charge in [0.15, 0.2) is 0 Å². The average Bonchev–Trinajstić information content (AvgIpc) is 1.94. The molecule has 2 N–H and O–H groups in total. The summed E-state index contributed by atoms with van der Waals surface area (Å²) in [5.41, 5.74) is 0. The number of hydrogen-bond acceptors (Lipinski definition) is 6. The van der Waals surface area contributed by atoms with Crippen LogP contribution in [0, 0.1) is 0 Å². The first-order valence-corrected chi connectivity index (χ1v) is 40.5. The van der Waals surface area contributed by atoms with Crippen LogP contribution in [0.15, 0.2) is 134 Å². The number of carbonyl (C=O) groups excluding carboxylic acids is 1. The second kappa shape index (κ2) is 72.9. The molecule has 536 valence electrons. The van der Waals surface area contributed by atoms with Crippen LogP contribution in [-0.2, 0) is 18.4 Å². The fourth-order valence-corrected chi connectivity index (χ4v) is 11.8. The van der Waals surface area contributed by atoms with E-state index in [2.05, 4.69) is 141 Å². The largest absolute Gasteiger partial charge is 0.756 e. The maximum Gasteiger partial charge on any atom is 0.268 e. The summed E-state index contributed by atoms with van der Waals surface area (Å²) in [5, 5.41) is 14.0. The highest BCUT2D eigenvalue weighted by molar-refractivity contribution is 7.45. The zero-order chi connectivity index (χ0) is 67.6. The van der Waals surface area contributed by atoms with Crippen LogP contribution in [0.1, 0.15) is 341 Å². The van der Waals surface area contributed by atoms with Gasteiger partial charge >= 0.3 is 0 Å². The molecule has 0 aromatic rings. The van der Waals surface area contributed by atoms with Crippen LogP contribution in [0.3, 0.4) is 0 Å². The molecule has 8 nitrogen and oxygen atoms in total. The molecule has 0 spiro atoms. The number of aliphatic hydroxyl groups excluding tert-OH is 1. The SMILES string of the molecule is CC/C=C\C/C=C\C/C=C\C/C=C\C/C=C\C/C=C\C/C=C\C/C=C\CCCCCCCCCCCCCCCCC(=O)NC(COP(=O)([O-])OCC[N+](C)(C)C)C(O)/C=C/CC/C=C/CC/C=C/CCCCCCCCCCCCCCCCCCCCCCCC. The third-order valence-electron chi connectivity index (χ3n) is 17.1. The summed E-state index contributed by atoms with van der Waals surface area (Å²) >= 11 is 0. The first kappa shape index (κ1) is 89.6. The smallest absolute Gasteiger partial charge is 0.268 e. The Kier molecular flexibility index (Phi) is 70.3. The Morgan fingerprint density at radius 3 is 1.00 bits per heavy atom. The summed E-state index contributed by atoms with van der Waals surface area (Å²) in [6.07, 6.45) is 110. The Morgan fingerprint density at radius 2 is 0.667 bits per heavy atom. The lowest BCUT2D eigenvalue weighted by atomic mass is 10.0. The minimum atomic E-state index is -4.63. The van der Waals surface area contributed by atoms with Crippen LogP contribution in [0.4, 0.5) is 0 Å². The summed E-state index contributed by atoms with van der Waals surface area (Å²) < 4.78 is 23.5. The van der Waals surface area contributed by atoms with Gasteiger partial charge in [0, 0.05) is 6.42 Å². The Balaban J connectivity index is 4.09. The van der Waals surface area contributed by atoms with Crippen LogP contribution in [0.5, 0.6) is 0 Å². The molecule has 0 fully saturated rings. The molecular formula is C84H149N2O6P. The van der Waals surface area contributed by atoms with Crippen molar-refractivity contribution in [1.29, 1.82) is 0 Å². The zero-order valence-corrected chi connectivity index (χ0v) is 62.3. The van der Waals surface area contributed by atoms with Crippen molar-refractivity contribution >= 4 is 13.7 Å². The molecular weight excluding hydrogens is 1160 g/mol. The van der Waals surface area contributed by atoms with Gasteiger partial charge < -0.3 is 28.8 Å². The van der Waals surface area contributed by atoms with Gasteiger partial charge in [-0.1, -0.05) is 359 Å². The molecule has 0 rings (SSSR count). The summed E-state index contributed by atoms with van der Waals surface area (Å²) in [7, 11) is 1.23. The Bertz CT molecular complexity index is 1990. The van der Waals surface area contributed by atoms with E-state index in [4.69, 9.17) is 9.05 Å². The summed E-state index contributed by atoms with van der Waals surface area (Å²) in [4.78, 5) is 25.7. The van der Waals surface area contributed by atoms with Gasteiger partial charge in [-0.05, 0) is 109 Å². The van der Waals surface area contributed by atoms with E-state index in [1.54, 1.807) is 6.08 Å². The number of nitrogens with zero attached hydrogens (tertiary/aromatic N) is 1. The second-order valence-electron chi connectivity index (χ2n) is 27.3. The fraction of sp³-hybridized carbons (Fsp3) is 0.726. The standard InChI is InChI=1S/C84H149N2O6P/c1-6-8-10-12-14-16-18-20-22-24-26-28-30-32-34-36-38-40-41-42-43-44-45-46-48-50-52-54-56-58-60-62-64-66-68-70-72-74-76-78-84(88)85-82(81-92-93(89,90)91-80-79-86(3,4)5)83(87)77-75-73-71-69-67-65-63-61-59-57-55-53-51-49-47-39-37-35-33-31-29-27-25-23-21-19-17-15-13-11-9-7-2/h8,10,14,16,20,22,26,28,32,34,38,40,42-43,45-46,59,61,67,69,75,77,82-83,87H,6-7,9,11-13,15,17-19,21,23-25,27,29-31,33,35-37,39,41,44,47-58,60,62-66,68,70-74,76,78-81H2,1-5H3,(H-,85,88,89,90)/b10-8-,16-14-,22-20-,28-26-,34-32-,40-38-,43-42-,46-45-,61-59+,69-67+,77-75+. The van der Waals surface area contributed by atoms with E-state index in [-0.39, 0.29) is 12.5 Å². The maximum absolute atomic E-state index is 13.1. The minimum absolute atomic E-state index is 0.0138. The number of aliphatic hydroxyl groups is 1.